The van der Waals surface area contributed by atoms with Gasteiger partial charge in [0.25, 0.3) is 5.91 Å². The van der Waals surface area contributed by atoms with Crippen molar-refractivity contribution in [3.63, 3.8) is 0 Å². The zero-order chi connectivity index (χ0) is 20.7. The Bertz CT molecular complexity index is 984. The van der Waals surface area contributed by atoms with E-state index < -0.39 is 0 Å². The number of likely N-dealkylation sites (N-methyl/N-ethyl adjacent to an activating group) is 2. The standard InChI is InChI=1S/C18H22N6O3S2/c1-4-24-13(25)8-21(2)16(27)15-11-5-6-23(7-12(11)29-17(15)24)14(26)9-28-18-20-19-10-22(18)3/h10H,4-9H2,1-3H3. The van der Waals surface area contributed by atoms with Gasteiger partial charge in [-0.05, 0) is 18.9 Å². The van der Waals surface area contributed by atoms with Gasteiger partial charge in [-0.1, -0.05) is 11.8 Å². The molecule has 0 spiro atoms. The lowest BCUT2D eigenvalue weighted by Gasteiger charge is -2.27. The summed E-state index contributed by atoms with van der Waals surface area (Å²) in [5, 5.41) is 9.23. The summed E-state index contributed by atoms with van der Waals surface area (Å²) in [4.78, 5) is 44.1. The second kappa shape index (κ2) is 7.79. The van der Waals surface area contributed by atoms with Gasteiger partial charge in [0.1, 0.15) is 17.9 Å². The number of nitrogens with zero attached hydrogens (tertiary/aromatic N) is 6. The molecule has 2 aromatic heterocycles. The summed E-state index contributed by atoms with van der Waals surface area (Å²) in [6.07, 6.45) is 2.22. The Morgan fingerprint density at radius 3 is 2.76 bits per heavy atom. The lowest BCUT2D eigenvalue weighted by Crippen LogP contribution is -2.38. The van der Waals surface area contributed by atoms with Crippen molar-refractivity contribution in [1.82, 2.24) is 24.6 Å². The molecule has 0 fully saturated rings. The highest BCUT2D eigenvalue weighted by Gasteiger charge is 2.36. The molecule has 0 saturated heterocycles. The first-order chi connectivity index (χ1) is 13.9. The summed E-state index contributed by atoms with van der Waals surface area (Å²) in [5.74, 6) is 0.126. The zero-order valence-electron chi connectivity index (χ0n) is 16.5. The Morgan fingerprint density at radius 1 is 1.28 bits per heavy atom. The van der Waals surface area contributed by atoms with Gasteiger partial charge >= 0.3 is 0 Å². The highest BCUT2D eigenvalue weighted by Crippen LogP contribution is 2.41. The van der Waals surface area contributed by atoms with Crippen molar-refractivity contribution in [2.45, 2.75) is 25.0 Å². The molecule has 11 heteroatoms. The van der Waals surface area contributed by atoms with Crippen LogP contribution in [-0.2, 0) is 29.6 Å². The molecule has 0 aromatic carbocycles. The van der Waals surface area contributed by atoms with E-state index in [4.69, 9.17) is 0 Å². The number of amides is 3. The van der Waals surface area contributed by atoms with Crippen LogP contribution in [0.1, 0.15) is 27.7 Å². The van der Waals surface area contributed by atoms with E-state index in [1.54, 1.807) is 22.8 Å². The average Bonchev–Trinajstić information content (AvgIpc) is 3.26. The molecular formula is C18H22N6O3S2. The molecule has 0 radical (unpaired) electrons. The van der Waals surface area contributed by atoms with E-state index in [9.17, 15) is 14.4 Å². The maximum absolute atomic E-state index is 12.9. The van der Waals surface area contributed by atoms with Crippen LogP contribution in [0.5, 0.6) is 0 Å². The van der Waals surface area contributed by atoms with Crippen molar-refractivity contribution < 1.29 is 14.4 Å². The van der Waals surface area contributed by atoms with Crippen molar-refractivity contribution in [1.29, 1.82) is 0 Å². The van der Waals surface area contributed by atoms with Crippen LogP contribution in [0.25, 0.3) is 0 Å². The lowest BCUT2D eigenvalue weighted by molar-refractivity contribution is -0.129. The third-order valence-corrected chi connectivity index (χ3v) is 7.44. The number of fused-ring (bicyclic) bond motifs is 3. The van der Waals surface area contributed by atoms with Crippen LogP contribution in [0, 0.1) is 0 Å². The van der Waals surface area contributed by atoms with Gasteiger partial charge in [0.05, 0.1) is 17.9 Å². The molecule has 0 N–H and O–H groups in total. The van der Waals surface area contributed by atoms with Gasteiger partial charge in [-0.15, -0.1) is 21.5 Å². The van der Waals surface area contributed by atoms with Crippen LogP contribution in [0.3, 0.4) is 0 Å². The molecule has 0 atom stereocenters. The Hall–Kier alpha value is -2.40. The summed E-state index contributed by atoms with van der Waals surface area (Å²) < 4.78 is 1.78. The largest absolute Gasteiger partial charge is 0.336 e. The number of anilines is 1. The predicted octanol–water partition coefficient (Wildman–Crippen LogP) is 0.992. The fourth-order valence-electron chi connectivity index (χ4n) is 3.62. The molecule has 9 nitrogen and oxygen atoms in total. The molecule has 2 aromatic rings. The number of thioether (sulfide) groups is 1. The number of carbonyl (C=O) groups is 3. The van der Waals surface area contributed by atoms with E-state index in [-0.39, 0.29) is 30.0 Å². The Labute approximate surface area is 176 Å². The second-order valence-electron chi connectivity index (χ2n) is 7.06. The normalized spacial score (nSPS) is 16.7. The minimum atomic E-state index is -0.112. The first kappa shape index (κ1) is 19.9. The predicted molar refractivity (Wildman–Crippen MR) is 110 cm³/mol. The minimum absolute atomic E-state index is 0.0270. The number of carbonyl (C=O) groups excluding carboxylic acids is 3. The molecule has 2 aliphatic rings. The van der Waals surface area contributed by atoms with Crippen molar-refractivity contribution in [3.05, 3.63) is 22.3 Å². The number of rotatable bonds is 4. The van der Waals surface area contributed by atoms with Gasteiger partial charge in [-0.3, -0.25) is 14.4 Å². The Balaban J connectivity index is 1.55. The summed E-state index contributed by atoms with van der Waals surface area (Å²) in [7, 11) is 3.50. The maximum Gasteiger partial charge on any atom is 0.257 e. The van der Waals surface area contributed by atoms with Gasteiger partial charge in [0, 0.05) is 32.1 Å². The fraction of sp³-hybridized carbons (Fsp3) is 0.500. The van der Waals surface area contributed by atoms with E-state index >= 15 is 0 Å². The highest BCUT2D eigenvalue weighted by molar-refractivity contribution is 7.99. The molecular weight excluding hydrogens is 412 g/mol. The first-order valence-corrected chi connectivity index (χ1v) is 11.2. The smallest absolute Gasteiger partial charge is 0.257 e. The van der Waals surface area contributed by atoms with Crippen LogP contribution in [0.4, 0.5) is 5.00 Å². The third kappa shape index (κ3) is 3.52. The van der Waals surface area contributed by atoms with Gasteiger partial charge in [0.15, 0.2) is 5.16 Å². The van der Waals surface area contributed by atoms with E-state index in [1.165, 1.54) is 28.0 Å². The van der Waals surface area contributed by atoms with Crippen LogP contribution in [0.15, 0.2) is 11.5 Å². The summed E-state index contributed by atoms with van der Waals surface area (Å²) in [6.45, 7) is 3.55. The van der Waals surface area contributed by atoms with Gasteiger partial charge in [0.2, 0.25) is 11.8 Å². The summed E-state index contributed by atoms with van der Waals surface area (Å²) in [6, 6.07) is 0. The molecule has 4 rings (SSSR count). The number of aromatic nitrogens is 3. The third-order valence-electron chi connectivity index (χ3n) is 5.18. The van der Waals surface area contributed by atoms with E-state index in [2.05, 4.69) is 10.2 Å². The molecule has 154 valence electrons. The molecule has 0 bridgehead atoms. The van der Waals surface area contributed by atoms with E-state index in [1.807, 2.05) is 18.9 Å². The summed E-state index contributed by atoms with van der Waals surface area (Å²) in [5.41, 5.74) is 1.63. The lowest BCUT2D eigenvalue weighted by atomic mass is 10.0. The first-order valence-electron chi connectivity index (χ1n) is 9.35. The van der Waals surface area contributed by atoms with Gasteiger partial charge in [-0.2, -0.15) is 0 Å². The molecule has 29 heavy (non-hydrogen) atoms. The monoisotopic (exact) mass is 434 g/mol. The molecule has 4 heterocycles. The SMILES string of the molecule is CCN1C(=O)CN(C)C(=O)c2c1sc1c2CCN(C(=O)CSc2nncn2C)C1. The van der Waals surface area contributed by atoms with Crippen LogP contribution < -0.4 is 4.90 Å². The quantitative estimate of drug-likeness (QED) is 0.667. The zero-order valence-corrected chi connectivity index (χ0v) is 18.2. The van der Waals surface area contributed by atoms with Gasteiger partial charge < -0.3 is 19.3 Å². The number of thiophene rings is 1. The number of hydrogen-bond acceptors (Lipinski definition) is 7. The maximum atomic E-state index is 12.9. The minimum Gasteiger partial charge on any atom is -0.336 e. The van der Waals surface area contributed by atoms with E-state index in [0.717, 1.165) is 15.4 Å². The average molecular weight is 435 g/mol. The Kier molecular flexibility index (Phi) is 5.34. The molecule has 3 amide bonds. The fourth-order valence-corrected chi connectivity index (χ4v) is 5.84. The highest BCUT2D eigenvalue weighted by atomic mass is 32.2. The topological polar surface area (TPSA) is 91.6 Å². The molecule has 0 aliphatic carbocycles. The second-order valence-corrected chi connectivity index (χ2v) is 9.09. The van der Waals surface area contributed by atoms with Crippen LogP contribution >= 0.6 is 23.1 Å². The molecule has 0 unspecified atom stereocenters. The van der Waals surface area contributed by atoms with E-state index in [0.29, 0.717) is 36.8 Å². The Morgan fingerprint density at radius 2 is 2.07 bits per heavy atom. The van der Waals surface area contributed by atoms with Crippen molar-refractivity contribution >= 4 is 45.8 Å². The summed E-state index contributed by atoms with van der Waals surface area (Å²) >= 11 is 2.82. The van der Waals surface area contributed by atoms with Gasteiger partial charge in [-0.25, -0.2) is 0 Å². The van der Waals surface area contributed by atoms with Crippen molar-refractivity contribution in [2.24, 2.45) is 7.05 Å². The van der Waals surface area contributed by atoms with Crippen molar-refractivity contribution in [2.75, 3.05) is 37.3 Å². The molecule has 0 saturated carbocycles. The number of aryl methyl sites for hydroxylation is 1. The number of hydrogen-bond donors (Lipinski definition) is 0. The van der Waals surface area contributed by atoms with Crippen molar-refractivity contribution in [3.8, 4) is 0 Å². The molecule has 2 aliphatic heterocycles. The van der Waals surface area contributed by atoms with Crippen LogP contribution in [-0.4, -0.2) is 74.7 Å². The van der Waals surface area contributed by atoms with Crippen LogP contribution in [0.2, 0.25) is 0 Å².